The van der Waals surface area contributed by atoms with E-state index in [2.05, 4.69) is 10.6 Å². The first-order chi connectivity index (χ1) is 19.6. The minimum Gasteiger partial charge on any atom is -0.486 e. The van der Waals surface area contributed by atoms with Gasteiger partial charge in [0.1, 0.15) is 30.1 Å². The van der Waals surface area contributed by atoms with E-state index in [1.165, 1.54) is 25.1 Å². The first kappa shape index (κ1) is 30.8. The Morgan fingerprint density at radius 3 is 2.55 bits per heavy atom. The predicted molar refractivity (Wildman–Crippen MR) is 141 cm³/mol. The molecule has 2 aliphatic rings. The van der Waals surface area contributed by atoms with Crippen LogP contribution in [-0.2, 0) is 26.4 Å². The average Bonchev–Trinajstić information content (AvgIpc) is 2.93. The second kappa shape index (κ2) is 11.6. The van der Waals surface area contributed by atoms with Crippen molar-refractivity contribution < 1.29 is 49.8 Å². The number of nitrogens with zero attached hydrogens (tertiary/aromatic N) is 1. The fourth-order valence-electron chi connectivity index (χ4n) is 4.63. The highest BCUT2D eigenvalue weighted by atomic mass is 32.2. The summed E-state index contributed by atoms with van der Waals surface area (Å²) in [6.07, 6.45) is -4.06. The van der Waals surface area contributed by atoms with Crippen molar-refractivity contribution >= 4 is 27.7 Å². The summed E-state index contributed by atoms with van der Waals surface area (Å²) < 4.78 is 104. The average molecular weight is 616 g/mol. The third kappa shape index (κ3) is 6.50. The first-order valence-electron chi connectivity index (χ1n) is 12.6. The second-order valence-corrected chi connectivity index (χ2v) is 11.8. The normalized spacial score (nSPS) is 20.5. The van der Waals surface area contributed by atoms with Gasteiger partial charge in [-0.3, -0.25) is 9.10 Å². The van der Waals surface area contributed by atoms with Gasteiger partial charge in [0.25, 0.3) is 10.0 Å². The van der Waals surface area contributed by atoms with Gasteiger partial charge < -0.3 is 20.5 Å². The summed E-state index contributed by atoms with van der Waals surface area (Å²) in [7, 11) is -4.65. The molecule has 0 saturated carbocycles. The van der Waals surface area contributed by atoms with E-state index in [1.807, 2.05) is 0 Å². The van der Waals surface area contributed by atoms with Gasteiger partial charge >= 0.3 is 18.2 Å². The lowest BCUT2D eigenvalue weighted by Crippen LogP contribution is -2.46. The highest BCUT2D eigenvalue weighted by Gasteiger charge is 2.40. The summed E-state index contributed by atoms with van der Waals surface area (Å²) in [5.41, 5.74) is -2.54. The Morgan fingerprint density at radius 1 is 1.12 bits per heavy atom. The van der Waals surface area contributed by atoms with Gasteiger partial charge in [-0.25, -0.2) is 22.0 Å². The molecule has 2 aromatic rings. The van der Waals surface area contributed by atoms with Gasteiger partial charge in [0.15, 0.2) is 0 Å². The number of anilines is 1. The van der Waals surface area contributed by atoms with Crippen molar-refractivity contribution in [2.75, 3.05) is 23.9 Å². The van der Waals surface area contributed by atoms with Crippen LogP contribution >= 0.6 is 0 Å². The fraction of sp³-hybridized carbons (Fsp3) is 0.333. The number of nitrogens with one attached hydrogen (secondary N) is 2. The number of halogens is 5. The van der Waals surface area contributed by atoms with E-state index in [4.69, 9.17) is 9.84 Å². The Morgan fingerprint density at radius 2 is 1.86 bits per heavy atom. The molecule has 0 saturated heterocycles. The van der Waals surface area contributed by atoms with Crippen LogP contribution in [0.2, 0.25) is 0 Å². The Labute approximate surface area is 237 Å². The molecule has 1 aliphatic heterocycles. The lowest BCUT2D eigenvalue weighted by atomic mass is 9.75. The summed E-state index contributed by atoms with van der Waals surface area (Å²) in [6.45, 7) is 0.350. The molecule has 2 aromatic carbocycles. The molecule has 2 amide bonds. The summed E-state index contributed by atoms with van der Waals surface area (Å²) in [5, 5.41) is 13.2. The van der Waals surface area contributed by atoms with Crippen molar-refractivity contribution in [3.05, 3.63) is 77.4 Å². The standard InChI is InChI=1S/C27H26F5N3O6S/c1-26(13-18(28)6-8-23(26)29)16-5-7-22-21(12-16)35(15-19(41-22)9-10-33-25(38)34-14-24(36)37)42(39,40)20-4-2-3-17(11-20)27(30,31)32/h2-8,11-12,19H,9-10,13-15H2,1H3,(H,36,37)(H2,33,34,38)/t19-,26?/m0/s1. The fourth-order valence-corrected chi connectivity index (χ4v) is 6.17. The predicted octanol–water partition coefficient (Wildman–Crippen LogP) is 4.80. The molecule has 1 unspecified atom stereocenters. The summed E-state index contributed by atoms with van der Waals surface area (Å²) in [6, 6.07) is 6.54. The number of allylic oxidation sites excluding steroid dienone is 4. The number of carboxylic acid groups (broad SMARTS) is 1. The maximum absolute atomic E-state index is 14.9. The van der Waals surface area contributed by atoms with Crippen LogP contribution in [0.4, 0.5) is 32.4 Å². The zero-order chi connectivity index (χ0) is 30.9. The number of ether oxygens (including phenoxy) is 1. The van der Waals surface area contributed by atoms with Crippen LogP contribution in [-0.4, -0.2) is 51.3 Å². The van der Waals surface area contributed by atoms with Crippen molar-refractivity contribution in [2.45, 2.75) is 42.4 Å². The summed E-state index contributed by atoms with van der Waals surface area (Å²) in [5.74, 6) is -2.51. The molecular formula is C27H26F5N3O6S. The van der Waals surface area contributed by atoms with Gasteiger partial charge in [-0.05, 0) is 55.0 Å². The number of carboxylic acids is 1. The van der Waals surface area contributed by atoms with Gasteiger partial charge in [0, 0.05) is 19.4 Å². The Bertz CT molecular complexity index is 1560. The topological polar surface area (TPSA) is 125 Å². The van der Waals surface area contributed by atoms with Gasteiger partial charge in [0.05, 0.1) is 28.1 Å². The number of rotatable bonds is 8. The zero-order valence-corrected chi connectivity index (χ0v) is 22.9. The molecule has 15 heteroatoms. The van der Waals surface area contributed by atoms with E-state index in [-0.39, 0.29) is 36.4 Å². The molecule has 3 N–H and O–H groups in total. The van der Waals surface area contributed by atoms with E-state index < -0.39 is 74.9 Å². The van der Waals surface area contributed by atoms with Crippen LogP contribution in [0.3, 0.4) is 0 Å². The number of hydrogen-bond acceptors (Lipinski definition) is 5. The molecule has 0 radical (unpaired) electrons. The largest absolute Gasteiger partial charge is 0.486 e. The third-order valence-corrected chi connectivity index (χ3v) is 8.67. The first-order valence-corrected chi connectivity index (χ1v) is 14.0. The summed E-state index contributed by atoms with van der Waals surface area (Å²) in [4.78, 5) is 21.7. The molecule has 9 nitrogen and oxygen atoms in total. The minimum absolute atomic E-state index is 0.0145. The molecule has 0 bridgehead atoms. The van der Waals surface area contributed by atoms with Gasteiger partial charge in [-0.15, -0.1) is 0 Å². The molecule has 2 atom stereocenters. The molecule has 42 heavy (non-hydrogen) atoms. The van der Waals surface area contributed by atoms with Crippen LogP contribution < -0.4 is 19.7 Å². The van der Waals surface area contributed by atoms with E-state index in [1.54, 1.807) is 0 Å². The van der Waals surface area contributed by atoms with Crippen LogP contribution in [0.15, 0.2) is 71.2 Å². The van der Waals surface area contributed by atoms with E-state index in [9.17, 15) is 40.0 Å². The molecule has 1 aliphatic carbocycles. The number of carbonyl (C=O) groups excluding carboxylic acids is 1. The Kier molecular flexibility index (Phi) is 8.53. The van der Waals surface area contributed by atoms with Crippen LogP contribution in [0.25, 0.3) is 0 Å². The Balaban J connectivity index is 1.70. The molecule has 226 valence electrons. The number of alkyl halides is 3. The number of fused-ring (bicyclic) bond motifs is 1. The van der Waals surface area contributed by atoms with Crippen LogP contribution in [0.1, 0.15) is 30.9 Å². The lowest BCUT2D eigenvalue weighted by molar-refractivity contribution is -0.138. The second-order valence-electron chi connectivity index (χ2n) is 9.91. The van der Waals surface area contributed by atoms with E-state index >= 15 is 0 Å². The van der Waals surface area contributed by atoms with Gasteiger partial charge in [0.2, 0.25) is 0 Å². The van der Waals surface area contributed by atoms with Crippen molar-refractivity contribution in [3.63, 3.8) is 0 Å². The number of urea groups is 1. The smallest absolute Gasteiger partial charge is 0.416 e. The van der Waals surface area contributed by atoms with Crippen molar-refractivity contribution in [3.8, 4) is 5.75 Å². The maximum atomic E-state index is 14.9. The molecule has 0 spiro atoms. The molecule has 4 rings (SSSR count). The third-order valence-electron chi connectivity index (χ3n) is 6.89. The SMILES string of the molecule is CC1(c2ccc3c(c2)N(S(=O)(=O)c2cccc(C(F)(F)F)c2)C[C@H](CCNC(=O)NCC(=O)O)O3)CC(F)=CC=C1F. The highest BCUT2D eigenvalue weighted by Crippen LogP contribution is 2.46. The summed E-state index contributed by atoms with van der Waals surface area (Å²) >= 11 is 0. The van der Waals surface area contributed by atoms with Gasteiger partial charge in [-0.2, -0.15) is 13.2 Å². The maximum Gasteiger partial charge on any atom is 0.416 e. The molecule has 0 fully saturated rings. The zero-order valence-electron chi connectivity index (χ0n) is 22.0. The monoisotopic (exact) mass is 615 g/mol. The van der Waals surface area contributed by atoms with Crippen molar-refractivity contribution in [2.24, 2.45) is 0 Å². The molecule has 1 heterocycles. The van der Waals surface area contributed by atoms with Crippen LogP contribution in [0, 0.1) is 0 Å². The number of benzene rings is 2. The van der Waals surface area contributed by atoms with Crippen molar-refractivity contribution in [1.82, 2.24) is 10.6 Å². The number of carbonyl (C=O) groups is 2. The number of aliphatic carboxylic acids is 1. The van der Waals surface area contributed by atoms with Crippen molar-refractivity contribution in [1.29, 1.82) is 0 Å². The van der Waals surface area contributed by atoms with Crippen LogP contribution in [0.5, 0.6) is 5.75 Å². The highest BCUT2D eigenvalue weighted by molar-refractivity contribution is 7.92. The number of hydrogen-bond donors (Lipinski definition) is 3. The minimum atomic E-state index is -4.81. The van der Waals surface area contributed by atoms with Gasteiger partial charge in [-0.1, -0.05) is 12.1 Å². The quantitative estimate of drug-likeness (QED) is 0.367. The van der Waals surface area contributed by atoms with E-state index in [0.717, 1.165) is 34.7 Å². The number of sulfonamides is 1. The molecule has 0 aromatic heterocycles. The van der Waals surface area contributed by atoms with E-state index in [0.29, 0.717) is 6.07 Å². The lowest BCUT2D eigenvalue weighted by Gasteiger charge is -2.37. The number of amides is 2. The molecular weight excluding hydrogens is 589 g/mol. The Hall–Kier alpha value is -4.14.